The Morgan fingerprint density at radius 1 is 1.03 bits per heavy atom. The second kappa shape index (κ2) is 7.77. The number of rotatable bonds is 5. The van der Waals surface area contributed by atoms with Crippen molar-refractivity contribution < 1.29 is 21.2 Å². The highest BCUT2D eigenvalue weighted by molar-refractivity contribution is 7.92. The van der Waals surface area contributed by atoms with Crippen molar-refractivity contribution in [3.05, 3.63) is 76.4 Å². The molecule has 0 unspecified atom stereocenters. The first kappa shape index (κ1) is 21.0. The zero-order valence-corrected chi connectivity index (χ0v) is 18.4. The summed E-state index contributed by atoms with van der Waals surface area (Å²) in [6.07, 6.45) is 0.546. The number of sulfonamides is 2. The number of anilines is 1. The van der Waals surface area contributed by atoms with E-state index < -0.39 is 25.9 Å². The molecule has 0 aliphatic carbocycles. The molecule has 2 heterocycles. The van der Waals surface area contributed by atoms with E-state index in [1.54, 1.807) is 35.7 Å². The maximum Gasteiger partial charge on any atom is 0.261 e. The summed E-state index contributed by atoms with van der Waals surface area (Å²) in [4.78, 5) is -0.0407. The number of benzene rings is 2. The zero-order valence-electron chi connectivity index (χ0n) is 16.0. The highest BCUT2D eigenvalue weighted by atomic mass is 32.2. The van der Waals surface area contributed by atoms with Crippen LogP contribution in [-0.2, 0) is 33.0 Å². The molecule has 30 heavy (non-hydrogen) atoms. The van der Waals surface area contributed by atoms with E-state index in [1.165, 1.54) is 34.7 Å². The molecule has 1 aromatic heterocycles. The van der Waals surface area contributed by atoms with Crippen molar-refractivity contribution >= 4 is 37.1 Å². The summed E-state index contributed by atoms with van der Waals surface area (Å²) in [5.41, 5.74) is 2.29. The van der Waals surface area contributed by atoms with E-state index in [2.05, 4.69) is 4.72 Å². The lowest BCUT2D eigenvalue weighted by Crippen LogP contribution is -2.35. The Morgan fingerprint density at radius 2 is 1.83 bits per heavy atom. The predicted octanol–water partition coefficient (Wildman–Crippen LogP) is 3.74. The minimum Gasteiger partial charge on any atom is -0.280 e. The fraction of sp³-hybridized carbons (Fsp3) is 0.200. The zero-order chi connectivity index (χ0) is 21.5. The third-order valence-electron chi connectivity index (χ3n) is 4.96. The summed E-state index contributed by atoms with van der Waals surface area (Å²) in [7, 11) is -7.49. The number of thiophene rings is 1. The predicted molar refractivity (Wildman–Crippen MR) is 114 cm³/mol. The summed E-state index contributed by atoms with van der Waals surface area (Å²) < 4.78 is 68.6. The Kier molecular flexibility index (Phi) is 5.43. The highest BCUT2D eigenvalue weighted by Gasteiger charge is 2.29. The average molecular weight is 467 g/mol. The van der Waals surface area contributed by atoms with E-state index in [0.717, 1.165) is 17.2 Å². The second-order valence-electron chi connectivity index (χ2n) is 7.02. The van der Waals surface area contributed by atoms with Crippen LogP contribution in [0.2, 0.25) is 0 Å². The quantitative estimate of drug-likeness (QED) is 0.621. The molecule has 1 aliphatic rings. The van der Waals surface area contributed by atoms with Gasteiger partial charge in [-0.15, -0.1) is 11.3 Å². The summed E-state index contributed by atoms with van der Waals surface area (Å²) >= 11 is 1.17. The Bertz CT molecular complexity index is 1300. The number of fused-ring (bicyclic) bond motifs is 1. The molecule has 0 amide bonds. The number of aryl methyl sites for hydroxylation is 1. The van der Waals surface area contributed by atoms with E-state index in [0.29, 0.717) is 18.7 Å². The molecule has 2 aromatic carbocycles. The molecule has 0 spiro atoms. The van der Waals surface area contributed by atoms with Crippen LogP contribution in [-0.4, -0.2) is 27.7 Å². The van der Waals surface area contributed by atoms with Crippen LogP contribution in [0.1, 0.15) is 16.7 Å². The van der Waals surface area contributed by atoms with Crippen molar-refractivity contribution in [2.75, 3.05) is 11.3 Å². The maximum absolute atomic E-state index is 13.5. The lowest BCUT2D eigenvalue weighted by Gasteiger charge is -2.28. The van der Waals surface area contributed by atoms with E-state index in [4.69, 9.17) is 0 Å². The van der Waals surface area contributed by atoms with Gasteiger partial charge in [0.15, 0.2) is 0 Å². The van der Waals surface area contributed by atoms with Gasteiger partial charge in [0.25, 0.3) is 20.0 Å². The fourth-order valence-electron chi connectivity index (χ4n) is 3.34. The number of nitrogens with one attached hydrogen (secondary N) is 1. The third kappa shape index (κ3) is 4.00. The van der Waals surface area contributed by atoms with Gasteiger partial charge in [0.2, 0.25) is 0 Å². The van der Waals surface area contributed by atoms with Gasteiger partial charge in [0.1, 0.15) is 10.0 Å². The lowest BCUT2D eigenvalue weighted by molar-refractivity contribution is 0.392. The first-order valence-corrected chi connectivity index (χ1v) is 12.9. The summed E-state index contributed by atoms with van der Waals surface area (Å²) in [6, 6.07) is 12.0. The first-order valence-electron chi connectivity index (χ1n) is 9.11. The number of nitrogens with zero attached hydrogens (tertiary/aromatic N) is 1. The molecule has 0 saturated heterocycles. The van der Waals surface area contributed by atoms with Gasteiger partial charge in [-0.05, 0) is 71.8 Å². The van der Waals surface area contributed by atoms with Crippen molar-refractivity contribution in [2.24, 2.45) is 0 Å². The van der Waals surface area contributed by atoms with Gasteiger partial charge in [-0.2, -0.15) is 4.31 Å². The molecular formula is C20H19FN2O4S3. The van der Waals surface area contributed by atoms with Crippen LogP contribution in [0.15, 0.2) is 63.0 Å². The van der Waals surface area contributed by atoms with Crippen molar-refractivity contribution in [2.45, 2.75) is 29.0 Å². The highest BCUT2D eigenvalue weighted by Crippen LogP contribution is 2.29. The average Bonchev–Trinajstić information content (AvgIpc) is 3.25. The molecule has 1 aliphatic heterocycles. The summed E-state index contributed by atoms with van der Waals surface area (Å²) in [5.74, 6) is -0.477. The van der Waals surface area contributed by atoms with Crippen LogP contribution in [0, 0.1) is 12.7 Å². The molecule has 1 N–H and O–H groups in total. The van der Waals surface area contributed by atoms with Gasteiger partial charge in [0.05, 0.1) is 4.90 Å². The Labute approximate surface area is 179 Å². The van der Waals surface area contributed by atoms with E-state index in [1.807, 2.05) is 0 Å². The van der Waals surface area contributed by atoms with Crippen molar-refractivity contribution in [1.82, 2.24) is 4.31 Å². The minimum atomic E-state index is -3.90. The van der Waals surface area contributed by atoms with E-state index in [-0.39, 0.29) is 21.2 Å². The molecule has 6 nitrogen and oxygen atoms in total. The third-order valence-corrected chi connectivity index (χ3v) is 9.56. The van der Waals surface area contributed by atoms with Gasteiger partial charge in [0, 0.05) is 18.8 Å². The largest absolute Gasteiger partial charge is 0.280 e. The number of halogens is 1. The van der Waals surface area contributed by atoms with Gasteiger partial charge in [-0.25, -0.2) is 21.2 Å². The van der Waals surface area contributed by atoms with Crippen LogP contribution >= 0.6 is 11.3 Å². The van der Waals surface area contributed by atoms with Gasteiger partial charge in [-0.3, -0.25) is 4.72 Å². The van der Waals surface area contributed by atoms with Gasteiger partial charge in [-0.1, -0.05) is 12.1 Å². The molecule has 158 valence electrons. The molecular weight excluding hydrogens is 447 g/mol. The normalized spacial score (nSPS) is 15.0. The SMILES string of the molecule is Cc1cc(S(=O)(=O)Nc2ccc3c(c2)CN(S(=O)(=O)c2cccs2)CC3)ccc1F. The molecule has 0 bridgehead atoms. The Hall–Kier alpha value is -2.27. The Morgan fingerprint density at radius 3 is 2.53 bits per heavy atom. The topological polar surface area (TPSA) is 83.6 Å². The van der Waals surface area contributed by atoms with Crippen LogP contribution in [0.5, 0.6) is 0 Å². The fourth-order valence-corrected chi connectivity index (χ4v) is 7.03. The van der Waals surface area contributed by atoms with Crippen molar-refractivity contribution in [3.8, 4) is 0 Å². The second-order valence-corrected chi connectivity index (χ2v) is 11.8. The molecule has 10 heteroatoms. The maximum atomic E-state index is 13.5. The van der Waals surface area contributed by atoms with Crippen LogP contribution < -0.4 is 4.72 Å². The molecule has 0 atom stereocenters. The summed E-state index contributed by atoms with van der Waals surface area (Å²) in [5, 5.41) is 1.72. The summed E-state index contributed by atoms with van der Waals surface area (Å²) in [6.45, 7) is 2.03. The molecule has 0 radical (unpaired) electrons. The smallest absolute Gasteiger partial charge is 0.261 e. The van der Waals surface area contributed by atoms with Gasteiger partial charge < -0.3 is 0 Å². The number of hydrogen-bond donors (Lipinski definition) is 1. The standard InChI is InChI=1S/C20H19FN2O4S3/c1-14-11-18(6-7-19(14)21)29(24,25)22-17-5-4-15-8-9-23(13-16(15)12-17)30(26,27)20-3-2-10-28-20/h2-7,10-12,22H,8-9,13H2,1H3. The first-order chi connectivity index (χ1) is 14.2. The van der Waals surface area contributed by atoms with E-state index in [9.17, 15) is 21.2 Å². The van der Waals surface area contributed by atoms with Crippen LogP contribution in [0.4, 0.5) is 10.1 Å². The van der Waals surface area contributed by atoms with E-state index >= 15 is 0 Å². The van der Waals surface area contributed by atoms with Crippen LogP contribution in [0.3, 0.4) is 0 Å². The molecule has 0 saturated carbocycles. The lowest BCUT2D eigenvalue weighted by atomic mass is 10.0. The van der Waals surface area contributed by atoms with Gasteiger partial charge >= 0.3 is 0 Å². The number of hydrogen-bond acceptors (Lipinski definition) is 5. The molecule has 3 aromatic rings. The minimum absolute atomic E-state index is 0.0407. The van der Waals surface area contributed by atoms with Crippen molar-refractivity contribution in [1.29, 1.82) is 0 Å². The van der Waals surface area contributed by atoms with Crippen LogP contribution in [0.25, 0.3) is 0 Å². The Balaban J connectivity index is 1.59. The molecule has 4 rings (SSSR count). The van der Waals surface area contributed by atoms with Crippen molar-refractivity contribution in [3.63, 3.8) is 0 Å². The molecule has 0 fully saturated rings. The monoisotopic (exact) mass is 466 g/mol.